The molecule has 2 heterocycles. The minimum atomic E-state index is -3.57. The molecule has 0 atom stereocenters. The van der Waals surface area contributed by atoms with Gasteiger partial charge in [0.25, 0.3) is 5.91 Å². The lowest BCUT2D eigenvalue weighted by Gasteiger charge is -2.18. The van der Waals surface area contributed by atoms with Gasteiger partial charge in [-0.15, -0.1) is 0 Å². The number of imidazole rings is 1. The van der Waals surface area contributed by atoms with Crippen LogP contribution in [0, 0.1) is 0 Å². The van der Waals surface area contributed by atoms with Crippen LogP contribution in [0.4, 0.5) is 5.69 Å². The van der Waals surface area contributed by atoms with E-state index in [9.17, 15) is 13.2 Å². The number of carbonyl (C=O) groups excluding carboxylic acids is 1. The van der Waals surface area contributed by atoms with Crippen molar-refractivity contribution in [2.45, 2.75) is 4.90 Å². The molecule has 0 saturated carbocycles. The summed E-state index contributed by atoms with van der Waals surface area (Å²) in [5.41, 5.74) is 1.98. The topological polar surface area (TPSA) is 87.9 Å². The van der Waals surface area contributed by atoms with Crippen LogP contribution in [0.5, 0.6) is 0 Å². The molecule has 0 N–H and O–H groups in total. The second kappa shape index (κ2) is 8.34. The molecule has 0 unspecified atom stereocenters. The van der Waals surface area contributed by atoms with Crippen LogP contribution in [-0.2, 0) is 10.0 Å². The van der Waals surface area contributed by atoms with E-state index in [-0.39, 0.29) is 10.8 Å². The first kappa shape index (κ1) is 21.9. The number of fused-ring (bicyclic) bond motifs is 1. The van der Waals surface area contributed by atoms with Gasteiger partial charge in [0.05, 0.1) is 4.90 Å². The Morgan fingerprint density at radius 3 is 2.28 bits per heavy atom. The number of hydrogen-bond donors (Lipinski definition) is 0. The molecule has 4 rings (SSSR count). The van der Waals surface area contributed by atoms with Crippen molar-refractivity contribution in [3.8, 4) is 11.3 Å². The number of halogens is 1. The summed E-state index contributed by atoms with van der Waals surface area (Å²) >= 11 is 5.97. The van der Waals surface area contributed by atoms with E-state index in [1.807, 2.05) is 0 Å². The number of benzene rings is 2. The van der Waals surface area contributed by atoms with Gasteiger partial charge in [0.2, 0.25) is 15.8 Å². The zero-order valence-electron chi connectivity index (χ0n) is 17.6. The smallest absolute Gasteiger partial charge is 0.277 e. The summed E-state index contributed by atoms with van der Waals surface area (Å²) in [6.07, 6.45) is 3.31. The van der Waals surface area contributed by atoms with Crippen LogP contribution < -0.4 is 4.90 Å². The number of aromatic nitrogens is 3. The van der Waals surface area contributed by atoms with Crippen molar-refractivity contribution in [3.63, 3.8) is 0 Å². The Labute approximate surface area is 190 Å². The lowest BCUT2D eigenvalue weighted by Crippen LogP contribution is -2.28. The van der Waals surface area contributed by atoms with Gasteiger partial charge in [-0.25, -0.2) is 22.7 Å². The molecule has 0 radical (unpaired) electrons. The fourth-order valence-corrected chi connectivity index (χ4v) is 4.26. The van der Waals surface area contributed by atoms with Gasteiger partial charge in [-0.2, -0.15) is 0 Å². The number of sulfonamides is 1. The number of carbonyl (C=O) groups is 1. The Kier molecular flexibility index (Phi) is 5.72. The van der Waals surface area contributed by atoms with Gasteiger partial charge >= 0.3 is 0 Å². The highest BCUT2D eigenvalue weighted by atomic mass is 35.5. The Morgan fingerprint density at radius 1 is 1.00 bits per heavy atom. The molecule has 1 amide bonds. The van der Waals surface area contributed by atoms with Crippen LogP contribution in [0.3, 0.4) is 0 Å². The molecule has 4 aromatic rings. The average molecular weight is 470 g/mol. The van der Waals surface area contributed by atoms with E-state index in [1.54, 1.807) is 66.3 Å². The van der Waals surface area contributed by atoms with Crippen LogP contribution in [-0.4, -0.2) is 54.1 Å². The molecule has 164 valence electrons. The molecular weight excluding hydrogens is 450 g/mol. The molecular formula is C22H20ClN5O3S. The van der Waals surface area contributed by atoms with Gasteiger partial charge in [-0.3, -0.25) is 9.20 Å². The zero-order chi connectivity index (χ0) is 23.0. The molecule has 0 fully saturated rings. The first-order valence-corrected chi connectivity index (χ1v) is 11.4. The largest absolute Gasteiger partial charge is 0.310 e. The normalized spacial score (nSPS) is 11.8. The summed E-state index contributed by atoms with van der Waals surface area (Å²) in [6.45, 7) is 0. The van der Waals surface area contributed by atoms with Crippen LogP contribution in [0.25, 0.3) is 17.0 Å². The molecule has 0 saturated heterocycles. The van der Waals surface area contributed by atoms with Gasteiger partial charge in [0, 0.05) is 49.8 Å². The van der Waals surface area contributed by atoms with Crippen molar-refractivity contribution in [2.24, 2.45) is 0 Å². The minimum Gasteiger partial charge on any atom is -0.310 e. The quantitative estimate of drug-likeness (QED) is 0.446. The van der Waals surface area contributed by atoms with E-state index >= 15 is 0 Å². The fraction of sp³-hybridized carbons (Fsp3) is 0.136. The van der Waals surface area contributed by atoms with E-state index in [0.29, 0.717) is 33.4 Å². The van der Waals surface area contributed by atoms with Crippen molar-refractivity contribution in [1.29, 1.82) is 0 Å². The lowest BCUT2D eigenvalue weighted by atomic mass is 10.1. The fourth-order valence-electron chi connectivity index (χ4n) is 3.23. The maximum Gasteiger partial charge on any atom is 0.277 e. The maximum atomic E-state index is 13.5. The number of anilines is 1. The molecule has 2 aromatic carbocycles. The van der Waals surface area contributed by atoms with E-state index in [0.717, 1.165) is 4.31 Å². The molecule has 0 aliphatic carbocycles. The average Bonchev–Trinajstić information content (AvgIpc) is 3.18. The Balaban J connectivity index is 1.82. The molecule has 0 aliphatic rings. The van der Waals surface area contributed by atoms with Crippen LogP contribution >= 0.6 is 11.6 Å². The van der Waals surface area contributed by atoms with Gasteiger partial charge in [0.1, 0.15) is 11.4 Å². The second-order valence-electron chi connectivity index (χ2n) is 7.25. The molecule has 0 bridgehead atoms. The predicted octanol–water partition coefficient (Wildman–Crippen LogP) is 3.58. The molecule has 2 aromatic heterocycles. The lowest BCUT2D eigenvalue weighted by molar-refractivity contribution is 0.0988. The van der Waals surface area contributed by atoms with E-state index < -0.39 is 10.0 Å². The van der Waals surface area contributed by atoms with E-state index in [4.69, 9.17) is 11.6 Å². The van der Waals surface area contributed by atoms with Gasteiger partial charge in [-0.1, -0.05) is 23.7 Å². The number of nitrogens with zero attached hydrogens (tertiary/aromatic N) is 5. The number of amides is 1. The molecule has 0 aliphatic heterocycles. The van der Waals surface area contributed by atoms with Gasteiger partial charge in [0.15, 0.2) is 0 Å². The SMILES string of the molecule is CN(C(=O)c1c(-c2ccc(S(=O)(=O)N(C)C)cc2)nc2ncccn12)c1ccc(Cl)cc1. The van der Waals surface area contributed by atoms with Crippen molar-refractivity contribution in [3.05, 3.63) is 77.7 Å². The van der Waals surface area contributed by atoms with Crippen molar-refractivity contribution in [1.82, 2.24) is 18.7 Å². The second-order valence-corrected chi connectivity index (χ2v) is 9.84. The third kappa shape index (κ3) is 3.86. The third-order valence-electron chi connectivity index (χ3n) is 5.03. The summed E-state index contributed by atoms with van der Waals surface area (Å²) in [5, 5.41) is 0.571. The third-order valence-corrected chi connectivity index (χ3v) is 7.11. The zero-order valence-corrected chi connectivity index (χ0v) is 19.2. The summed E-state index contributed by atoms with van der Waals surface area (Å²) < 4.78 is 27.5. The minimum absolute atomic E-state index is 0.152. The van der Waals surface area contributed by atoms with E-state index in [2.05, 4.69) is 9.97 Å². The molecule has 32 heavy (non-hydrogen) atoms. The van der Waals surface area contributed by atoms with Gasteiger partial charge in [-0.05, 0) is 42.5 Å². The highest BCUT2D eigenvalue weighted by Gasteiger charge is 2.25. The molecule has 0 spiro atoms. The number of rotatable bonds is 5. The van der Waals surface area contributed by atoms with Crippen LogP contribution in [0.15, 0.2) is 71.9 Å². The maximum absolute atomic E-state index is 13.5. The Hall–Kier alpha value is -3.27. The Morgan fingerprint density at radius 2 is 1.66 bits per heavy atom. The van der Waals surface area contributed by atoms with Crippen LogP contribution in [0.1, 0.15) is 10.5 Å². The van der Waals surface area contributed by atoms with Crippen molar-refractivity contribution in [2.75, 3.05) is 26.0 Å². The molecule has 10 heteroatoms. The first-order valence-electron chi connectivity index (χ1n) is 9.60. The summed E-state index contributed by atoms with van der Waals surface area (Å²) in [5.74, 6) is 0.0631. The highest BCUT2D eigenvalue weighted by molar-refractivity contribution is 7.89. The predicted molar refractivity (Wildman–Crippen MR) is 123 cm³/mol. The first-order chi connectivity index (χ1) is 15.2. The van der Waals surface area contributed by atoms with Crippen molar-refractivity contribution >= 4 is 39.0 Å². The summed E-state index contributed by atoms with van der Waals surface area (Å²) in [6, 6.07) is 14.9. The summed E-state index contributed by atoms with van der Waals surface area (Å²) in [4.78, 5) is 24.0. The van der Waals surface area contributed by atoms with E-state index in [1.165, 1.54) is 31.1 Å². The Bertz CT molecular complexity index is 1400. The number of hydrogen-bond acceptors (Lipinski definition) is 5. The highest BCUT2D eigenvalue weighted by Crippen LogP contribution is 2.28. The standard InChI is InChI=1S/C22H20ClN5O3S/c1-26(2)32(30,31)18-11-5-15(6-12-18)19-20(28-14-4-13-24-22(28)25-19)21(29)27(3)17-9-7-16(23)8-10-17/h4-14H,1-3H3. The molecule has 8 nitrogen and oxygen atoms in total. The van der Waals surface area contributed by atoms with Gasteiger partial charge < -0.3 is 4.90 Å². The van der Waals surface area contributed by atoms with Crippen molar-refractivity contribution < 1.29 is 13.2 Å². The monoisotopic (exact) mass is 469 g/mol. The van der Waals surface area contributed by atoms with Crippen LogP contribution in [0.2, 0.25) is 5.02 Å². The summed E-state index contributed by atoms with van der Waals surface area (Å²) in [7, 11) is 1.04.